The molecule has 0 saturated carbocycles. The van der Waals surface area contributed by atoms with Crippen LogP contribution in [-0.4, -0.2) is 41.4 Å². The number of benzene rings is 3. The molecule has 1 amide bonds. The van der Waals surface area contributed by atoms with Crippen molar-refractivity contribution in [2.24, 2.45) is 0 Å². The minimum Gasteiger partial charge on any atom is -0.493 e. The van der Waals surface area contributed by atoms with Crippen molar-refractivity contribution in [2.75, 3.05) is 20.8 Å². The second-order valence-electron chi connectivity index (χ2n) is 7.66. The molecule has 0 fully saturated rings. The average Bonchev–Trinajstić information content (AvgIpc) is 3.35. The van der Waals surface area contributed by atoms with Gasteiger partial charge in [0.15, 0.2) is 11.5 Å². The second kappa shape index (κ2) is 10.5. The SMILES string of the molecule is COc1ccc(CCNC(=O)c2cc(-c3ccccc3)nn2-c2ccc([N+](=O)[O-])cc2)cc1OC. The molecule has 35 heavy (non-hydrogen) atoms. The number of nitrogens with zero attached hydrogens (tertiary/aromatic N) is 3. The van der Waals surface area contributed by atoms with Gasteiger partial charge in [0.25, 0.3) is 11.6 Å². The van der Waals surface area contributed by atoms with Gasteiger partial charge in [-0.2, -0.15) is 5.10 Å². The maximum Gasteiger partial charge on any atom is 0.270 e. The summed E-state index contributed by atoms with van der Waals surface area (Å²) in [5.74, 6) is 0.958. The van der Waals surface area contributed by atoms with Crippen LogP contribution in [0.4, 0.5) is 5.69 Å². The summed E-state index contributed by atoms with van der Waals surface area (Å²) in [5, 5.41) is 18.6. The van der Waals surface area contributed by atoms with Crippen LogP contribution in [0, 0.1) is 10.1 Å². The molecule has 4 aromatic rings. The lowest BCUT2D eigenvalue weighted by atomic mass is 10.1. The van der Waals surface area contributed by atoms with Crippen LogP contribution in [0.3, 0.4) is 0 Å². The van der Waals surface area contributed by atoms with E-state index in [0.29, 0.717) is 41.5 Å². The van der Waals surface area contributed by atoms with Crippen molar-refractivity contribution in [3.05, 3.63) is 100 Å². The molecule has 9 nitrogen and oxygen atoms in total. The number of nitro benzene ring substituents is 1. The van der Waals surface area contributed by atoms with Crippen LogP contribution in [-0.2, 0) is 6.42 Å². The Morgan fingerprint density at radius 2 is 1.69 bits per heavy atom. The summed E-state index contributed by atoms with van der Waals surface area (Å²) in [5.41, 5.74) is 3.29. The first kappa shape index (κ1) is 23.5. The topological polar surface area (TPSA) is 109 Å². The van der Waals surface area contributed by atoms with Gasteiger partial charge in [-0.3, -0.25) is 14.9 Å². The molecule has 1 aromatic heterocycles. The van der Waals surface area contributed by atoms with Crippen LogP contribution >= 0.6 is 0 Å². The number of carbonyl (C=O) groups excluding carboxylic acids is 1. The van der Waals surface area contributed by atoms with Crippen LogP contribution in [0.25, 0.3) is 16.9 Å². The molecule has 0 unspecified atom stereocenters. The molecule has 0 saturated heterocycles. The van der Waals surface area contributed by atoms with E-state index < -0.39 is 4.92 Å². The molecule has 178 valence electrons. The summed E-state index contributed by atoms with van der Waals surface area (Å²) >= 11 is 0. The Hall–Kier alpha value is -4.66. The standard InChI is InChI=1S/C26H24N4O5/c1-34-24-13-8-18(16-25(24)35-2)14-15-27-26(31)23-17-22(19-6-4-3-5-7-19)28-29(23)20-9-11-21(12-10-20)30(32)33/h3-13,16-17H,14-15H2,1-2H3,(H,27,31). The first-order valence-corrected chi connectivity index (χ1v) is 10.9. The average molecular weight is 473 g/mol. The van der Waals surface area contributed by atoms with Gasteiger partial charge in [-0.15, -0.1) is 0 Å². The van der Waals surface area contributed by atoms with E-state index in [-0.39, 0.29) is 11.6 Å². The Morgan fingerprint density at radius 3 is 2.34 bits per heavy atom. The third kappa shape index (κ3) is 5.30. The van der Waals surface area contributed by atoms with Crippen molar-refractivity contribution in [2.45, 2.75) is 6.42 Å². The van der Waals surface area contributed by atoms with Crippen molar-refractivity contribution in [3.63, 3.8) is 0 Å². The summed E-state index contributed by atoms with van der Waals surface area (Å²) in [7, 11) is 3.16. The molecule has 1 heterocycles. The molecule has 0 aliphatic rings. The Labute approximate surface area is 202 Å². The van der Waals surface area contributed by atoms with Crippen LogP contribution in [0.2, 0.25) is 0 Å². The maximum atomic E-state index is 13.1. The fraction of sp³-hybridized carbons (Fsp3) is 0.154. The zero-order chi connectivity index (χ0) is 24.8. The van der Waals surface area contributed by atoms with Crippen LogP contribution in [0.15, 0.2) is 78.9 Å². The summed E-state index contributed by atoms with van der Waals surface area (Å²) in [6, 6.07) is 22.7. The first-order valence-electron chi connectivity index (χ1n) is 10.9. The van der Waals surface area contributed by atoms with E-state index in [2.05, 4.69) is 10.4 Å². The zero-order valence-corrected chi connectivity index (χ0v) is 19.3. The lowest BCUT2D eigenvalue weighted by Crippen LogP contribution is -2.27. The predicted molar refractivity (Wildman–Crippen MR) is 131 cm³/mol. The molecule has 9 heteroatoms. The largest absolute Gasteiger partial charge is 0.493 e. The molecule has 0 atom stereocenters. The molecule has 0 bridgehead atoms. The molecule has 0 aliphatic heterocycles. The number of non-ortho nitro benzene ring substituents is 1. The third-order valence-electron chi connectivity index (χ3n) is 5.46. The Morgan fingerprint density at radius 1 is 0.971 bits per heavy atom. The number of rotatable bonds is 9. The smallest absolute Gasteiger partial charge is 0.270 e. The van der Waals surface area contributed by atoms with Gasteiger partial charge in [0, 0.05) is 24.2 Å². The van der Waals surface area contributed by atoms with E-state index >= 15 is 0 Å². The highest BCUT2D eigenvalue weighted by molar-refractivity contribution is 5.94. The fourth-order valence-electron chi connectivity index (χ4n) is 3.65. The van der Waals surface area contributed by atoms with E-state index in [0.717, 1.165) is 11.1 Å². The number of carbonyl (C=O) groups is 1. The fourth-order valence-corrected chi connectivity index (χ4v) is 3.65. The van der Waals surface area contributed by atoms with Crippen molar-refractivity contribution in [1.29, 1.82) is 0 Å². The molecule has 0 aliphatic carbocycles. The van der Waals surface area contributed by atoms with Crippen LogP contribution in [0.1, 0.15) is 16.1 Å². The summed E-state index contributed by atoms with van der Waals surface area (Å²) in [4.78, 5) is 23.7. The molecule has 1 N–H and O–H groups in total. The zero-order valence-electron chi connectivity index (χ0n) is 19.3. The molecule has 0 radical (unpaired) electrons. The number of aromatic nitrogens is 2. The quantitative estimate of drug-likeness (QED) is 0.285. The van der Waals surface area contributed by atoms with E-state index in [1.165, 1.54) is 16.8 Å². The van der Waals surface area contributed by atoms with E-state index in [4.69, 9.17) is 9.47 Å². The second-order valence-corrected chi connectivity index (χ2v) is 7.66. The van der Waals surface area contributed by atoms with Gasteiger partial charge >= 0.3 is 0 Å². The van der Waals surface area contributed by atoms with Crippen molar-refractivity contribution in [1.82, 2.24) is 15.1 Å². The minimum absolute atomic E-state index is 0.0369. The summed E-state index contributed by atoms with van der Waals surface area (Å²) in [6.45, 7) is 0.389. The minimum atomic E-state index is -0.468. The number of nitro groups is 1. The van der Waals surface area contributed by atoms with Gasteiger partial charge in [0.1, 0.15) is 5.69 Å². The molecule has 0 spiro atoms. The highest BCUT2D eigenvalue weighted by Gasteiger charge is 2.18. The number of ether oxygens (including phenoxy) is 2. The number of nitrogens with one attached hydrogen (secondary N) is 1. The van der Waals surface area contributed by atoms with E-state index in [9.17, 15) is 14.9 Å². The first-order chi connectivity index (χ1) is 17.0. The molecule has 3 aromatic carbocycles. The summed E-state index contributed by atoms with van der Waals surface area (Å²) in [6.07, 6.45) is 0.587. The van der Waals surface area contributed by atoms with Gasteiger partial charge in [-0.05, 0) is 42.3 Å². The van der Waals surface area contributed by atoms with Crippen LogP contribution < -0.4 is 14.8 Å². The van der Waals surface area contributed by atoms with Crippen molar-refractivity contribution >= 4 is 11.6 Å². The van der Waals surface area contributed by atoms with Gasteiger partial charge in [-0.25, -0.2) is 4.68 Å². The van der Waals surface area contributed by atoms with Crippen molar-refractivity contribution in [3.8, 4) is 28.4 Å². The highest BCUT2D eigenvalue weighted by Crippen LogP contribution is 2.28. The number of hydrogen-bond acceptors (Lipinski definition) is 6. The van der Waals surface area contributed by atoms with Crippen LogP contribution in [0.5, 0.6) is 11.5 Å². The summed E-state index contributed by atoms with van der Waals surface area (Å²) < 4.78 is 12.1. The highest BCUT2D eigenvalue weighted by atomic mass is 16.6. The maximum absolute atomic E-state index is 13.1. The van der Waals surface area contributed by atoms with E-state index in [1.807, 2.05) is 48.5 Å². The Balaban J connectivity index is 1.57. The third-order valence-corrected chi connectivity index (χ3v) is 5.46. The van der Waals surface area contributed by atoms with E-state index in [1.54, 1.807) is 32.4 Å². The van der Waals surface area contributed by atoms with Crippen molar-refractivity contribution < 1.29 is 19.2 Å². The number of methoxy groups -OCH3 is 2. The Bertz CT molecular complexity index is 1330. The Kier molecular flexibility index (Phi) is 7.06. The monoisotopic (exact) mass is 472 g/mol. The molecular weight excluding hydrogens is 448 g/mol. The molecular formula is C26H24N4O5. The predicted octanol–water partition coefficient (Wildman–Crippen LogP) is 4.44. The molecule has 4 rings (SSSR count). The van der Waals surface area contributed by atoms with Gasteiger partial charge < -0.3 is 14.8 Å². The lowest BCUT2D eigenvalue weighted by Gasteiger charge is -2.11. The normalized spacial score (nSPS) is 10.6. The number of amides is 1. The van der Waals surface area contributed by atoms with Gasteiger partial charge in [0.2, 0.25) is 0 Å². The number of hydrogen-bond donors (Lipinski definition) is 1. The lowest BCUT2D eigenvalue weighted by molar-refractivity contribution is -0.384. The van der Waals surface area contributed by atoms with Gasteiger partial charge in [0.05, 0.1) is 30.5 Å². The van der Waals surface area contributed by atoms with Gasteiger partial charge in [-0.1, -0.05) is 36.4 Å².